The van der Waals surface area contributed by atoms with Crippen LogP contribution in [0.4, 0.5) is 0 Å². The summed E-state index contributed by atoms with van der Waals surface area (Å²) in [6.45, 7) is 8.00. The number of nitrogens with one attached hydrogen (secondary N) is 1. The van der Waals surface area contributed by atoms with E-state index in [1.807, 2.05) is 0 Å². The largest absolute Gasteiger partial charge is 0.355 e. The van der Waals surface area contributed by atoms with Gasteiger partial charge in [-0.2, -0.15) is 0 Å². The molecule has 0 aromatic heterocycles. The molecule has 1 amide bonds. The fourth-order valence-electron chi connectivity index (χ4n) is 1.52. The third kappa shape index (κ3) is 3.27. The Morgan fingerprint density at radius 2 is 2.07 bits per heavy atom. The van der Waals surface area contributed by atoms with Crippen LogP contribution in [0.15, 0.2) is 0 Å². The molecule has 2 atom stereocenters. The normalized spacial score (nSPS) is 25.1. The lowest BCUT2D eigenvalue weighted by molar-refractivity contribution is -0.122. The molecule has 3 N–H and O–H groups in total. The fraction of sp³-hybridized carbons (Fsp3) is 0.900. The molecular weight excluding hydrogens is 178 g/mol. The first-order valence-electron chi connectivity index (χ1n) is 5.44. The van der Waals surface area contributed by atoms with Crippen LogP contribution in [0.25, 0.3) is 0 Å². The fourth-order valence-corrected chi connectivity index (χ4v) is 1.52. The molecule has 0 aromatic carbocycles. The highest BCUT2D eigenvalue weighted by atomic mass is 16.2. The Kier molecular flexibility index (Phi) is 4.35. The molecule has 0 radical (unpaired) electrons. The molecular formula is C10H21N3O. The predicted molar refractivity (Wildman–Crippen MR) is 56.9 cm³/mol. The second-order valence-corrected chi connectivity index (χ2v) is 3.82. The summed E-state index contributed by atoms with van der Waals surface area (Å²) in [5.41, 5.74) is 5.58. The Morgan fingerprint density at radius 1 is 1.50 bits per heavy atom. The lowest BCUT2D eigenvalue weighted by Crippen LogP contribution is -2.36. The third-order valence-electron chi connectivity index (χ3n) is 2.80. The zero-order valence-corrected chi connectivity index (χ0v) is 9.12. The van der Waals surface area contributed by atoms with Crippen molar-refractivity contribution in [2.45, 2.75) is 26.3 Å². The molecule has 1 rings (SSSR count). The van der Waals surface area contributed by atoms with E-state index in [1.54, 1.807) is 0 Å². The molecule has 0 saturated heterocycles. The van der Waals surface area contributed by atoms with Gasteiger partial charge in [-0.15, -0.1) is 0 Å². The molecule has 4 nitrogen and oxygen atoms in total. The van der Waals surface area contributed by atoms with Crippen LogP contribution in [-0.2, 0) is 4.79 Å². The van der Waals surface area contributed by atoms with Crippen molar-refractivity contribution in [3.05, 3.63) is 0 Å². The molecule has 2 unspecified atom stereocenters. The maximum absolute atomic E-state index is 11.4. The lowest BCUT2D eigenvalue weighted by Gasteiger charge is -2.17. The maximum atomic E-state index is 11.4. The van der Waals surface area contributed by atoms with Crippen LogP contribution in [0.5, 0.6) is 0 Å². The first-order chi connectivity index (χ1) is 6.69. The zero-order chi connectivity index (χ0) is 10.6. The molecule has 82 valence electrons. The molecule has 1 aliphatic rings. The van der Waals surface area contributed by atoms with Gasteiger partial charge in [-0.3, -0.25) is 4.79 Å². The summed E-state index contributed by atoms with van der Waals surface area (Å²) in [4.78, 5) is 13.6. The van der Waals surface area contributed by atoms with Crippen LogP contribution < -0.4 is 11.1 Å². The van der Waals surface area contributed by atoms with E-state index in [0.29, 0.717) is 0 Å². The van der Waals surface area contributed by atoms with Gasteiger partial charge in [0, 0.05) is 19.1 Å². The second-order valence-electron chi connectivity index (χ2n) is 3.82. The Morgan fingerprint density at radius 3 is 2.50 bits per heavy atom. The van der Waals surface area contributed by atoms with E-state index in [4.69, 9.17) is 5.73 Å². The highest BCUT2D eigenvalue weighted by molar-refractivity contribution is 5.82. The molecule has 1 saturated carbocycles. The minimum Gasteiger partial charge on any atom is -0.355 e. The first kappa shape index (κ1) is 11.5. The Balaban J connectivity index is 2.05. The van der Waals surface area contributed by atoms with Crippen molar-refractivity contribution in [3.8, 4) is 0 Å². The Labute approximate surface area is 85.8 Å². The van der Waals surface area contributed by atoms with Gasteiger partial charge in [0.1, 0.15) is 0 Å². The topological polar surface area (TPSA) is 58.4 Å². The van der Waals surface area contributed by atoms with E-state index in [-0.39, 0.29) is 17.9 Å². The molecule has 4 heteroatoms. The maximum Gasteiger partial charge on any atom is 0.224 e. The van der Waals surface area contributed by atoms with Gasteiger partial charge in [0.15, 0.2) is 0 Å². The molecule has 1 aliphatic carbocycles. The number of amides is 1. The van der Waals surface area contributed by atoms with Crippen LogP contribution >= 0.6 is 0 Å². The van der Waals surface area contributed by atoms with E-state index < -0.39 is 0 Å². The number of likely N-dealkylation sites (N-methyl/N-ethyl adjacent to an activating group) is 1. The third-order valence-corrected chi connectivity index (χ3v) is 2.80. The number of nitrogens with zero attached hydrogens (tertiary/aromatic N) is 1. The van der Waals surface area contributed by atoms with Crippen molar-refractivity contribution in [2.75, 3.05) is 26.2 Å². The summed E-state index contributed by atoms with van der Waals surface area (Å²) in [6.07, 6.45) is 0.858. The summed E-state index contributed by atoms with van der Waals surface area (Å²) in [6, 6.07) is 0.114. The number of carbonyl (C=O) groups excluding carboxylic acids is 1. The Bertz CT molecular complexity index is 192. The monoisotopic (exact) mass is 199 g/mol. The van der Waals surface area contributed by atoms with Crippen molar-refractivity contribution in [3.63, 3.8) is 0 Å². The van der Waals surface area contributed by atoms with E-state index in [9.17, 15) is 4.79 Å². The van der Waals surface area contributed by atoms with Crippen LogP contribution in [-0.4, -0.2) is 43.0 Å². The van der Waals surface area contributed by atoms with Crippen molar-refractivity contribution >= 4 is 5.91 Å². The minimum atomic E-state index is 0.0895. The standard InChI is InChI=1S/C10H21N3O/c1-3-13(4-2)6-5-12-10(14)8-7-9(8)11/h8-9H,3-7,11H2,1-2H3,(H,12,14). The van der Waals surface area contributed by atoms with Crippen molar-refractivity contribution in [1.82, 2.24) is 10.2 Å². The van der Waals surface area contributed by atoms with Crippen LogP contribution in [0.3, 0.4) is 0 Å². The summed E-state index contributed by atoms with van der Waals surface area (Å²) >= 11 is 0. The van der Waals surface area contributed by atoms with Gasteiger partial charge >= 0.3 is 0 Å². The summed E-state index contributed by atoms with van der Waals surface area (Å²) in [5.74, 6) is 0.219. The van der Waals surface area contributed by atoms with Gasteiger partial charge in [0.05, 0.1) is 5.92 Å². The molecule has 0 bridgehead atoms. The summed E-state index contributed by atoms with van der Waals surface area (Å²) in [5, 5.41) is 2.91. The van der Waals surface area contributed by atoms with Gasteiger partial charge in [-0.05, 0) is 19.5 Å². The van der Waals surface area contributed by atoms with Crippen molar-refractivity contribution in [2.24, 2.45) is 11.7 Å². The van der Waals surface area contributed by atoms with Gasteiger partial charge in [-0.25, -0.2) is 0 Å². The van der Waals surface area contributed by atoms with Crippen LogP contribution in [0, 0.1) is 5.92 Å². The average molecular weight is 199 g/mol. The summed E-state index contributed by atoms with van der Waals surface area (Å²) < 4.78 is 0. The first-order valence-corrected chi connectivity index (χ1v) is 5.44. The zero-order valence-electron chi connectivity index (χ0n) is 9.12. The van der Waals surface area contributed by atoms with Gasteiger partial charge in [-0.1, -0.05) is 13.8 Å². The van der Waals surface area contributed by atoms with Crippen molar-refractivity contribution in [1.29, 1.82) is 0 Å². The highest BCUT2D eigenvalue weighted by Gasteiger charge is 2.39. The van der Waals surface area contributed by atoms with Crippen molar-refractivity contribution < 1.29 is 4.79 Å². The van der Waals surface area contributed by atoms with E-state index in [0.717, 1.165) is 32.6 Å². The lowest BCUT2D eigenvalue weighted by atomic mass is 10.3. The molecule has 14 heavy (non-hydrogen) atoms. The van der Waals surface area contributed by atoms with Crippen LogP contribution in [0.1, 0.15) is 20.3 Å². The number of nitrogens with two attached hydrogens (primary N) is 1. The SMILES string of the molecule is CCN(CC)CCNC(=O)C1CC1N. The minimum absolute atomic E-state index is 0.0895. The number of rotatable bonds is 6. The predicted octanol–water partition coefficient (Wildman–Crippen LogP) is -0.208. The van der Waals surface area contributed by atoms with Gasteiger partial charge in [0.2, 0.25) is 5.91 Å². The highest BCUT2D eigenvalue weighted by Crippen LogP contribution is 2.27. The number of hydrogen-bond acceptors (Lipinski definition) is 3. The number of hydrogen-bond donors (Lipinski definition) is 2. The van der Waals surface area contributed by atoms with E-state index in [2.05, 4.69) is 24.1 Å². The average Bonchev–Trinajstić information content (AvgIpc) is 2.90. The van der Waals surface area contributed by atoms with E-state index >= 15 is 0 Å². The van der Waals surface area contributed by atoms with Gasteiger partial charge in [0.25, 0.3) is 0 Å². The Hall–Kier alpha value is -0.610. The van der Waals surface area contributed by atoms with Gasteiger partial charge < -0.3 is 16.0 Å². The molecule has 0 aromatic rings. The summed E-state index contributed by atoms with van der Waals surface area (Å²) in [7, 11) is 0. The molecule has 0 aliphatic heterocycles. The molecule has 0 heterocycles. The molecule has 1 fully saturated rings. The molecule has 0 spiro atoms. The van der Waals surface area contributed by atoms with Crippen LogP contribution in [0.2, 0.25) is 0 Å². The smallest absolute Gasteiger partial charge is 0.224 e. The van der Waals surface area contributed by atoms with E-state index in [1.165, 1.54) is 0 Å². The number of carbonyl (C=O) groups is 1. The second kappa shape index (κ2) is 5.32. The quantitative estimate of drug-likeness (QED) is 0.622.